The average Bonchev–Trinajstić information content (AvgIpc) is 3.18. The summed E-state index contributed by atoms with van der Waals surface area (Å²) in [7, 11) is 0. The molecule has 1 fully saturated rings. The van der Waals surface area contributed by atoms with Crippen molar-refractivity contribution in [3.63, 3.8) is 0 Å². The van der Waals surface area contributed by atoms with Crippen molar-refractivity contribution in [2.75, 3.05) is 12.3 Å². The van der Waals surface area contributed by atoms with E-state index < -0.39 is 60.2 Å². The molecular weight excluding hydrogens is 416 g/mol. The standard InChI is InChI=1S/C18H30N4O7S/c1-3-9(2)14(18(28)29)21-16(26)12-5-4-6-22(12)17(27)11(7-13(23)24)20-15(25)10(19)8-30/h9-12,14,30H,3-8,19H2,1-2H3,(H,20,25)(H,21,26)(H,23,24)(H,28,29). The number of nitrogens with zero attached hydrogens (tertiary/aromatic N) is 1. The van der Waals surface area contributed by atoms with Crippen LogP contribution in [0.2, 0.25) is 0 Å². The number of nitrogens with one attached hydrogen (secondary N) is 2. The number of hydrogen-bond acceptors (Lipinski definition) is 7. The lowest BCUT2D eigenvalue weighted by molar-refractivity contribution is -0.147. The molecule has 5 unspecified atom stereocenters. The van der Waals surface area contributed by atoms with Crippen LogP contribution in [0.25, 0.3) is 0 Å². The SMILES string of the molecule is CCC(C)C(NC(=O)C1CCCN1C(=O)C(CC(=O)O)NC(=O)C(N)CS)C(=O)O. The Kier molecular flexibility index (Phi) is 10.1. The quantitative estimate of drug-likeness (QED) is 0.214. The van der Waals surface area contributed by atoms with E-state index in [9.17, 15) is 29.1 Å². The molecular formula is C18H30N4O7S. The van der Waals surface area contributed by atoms with Gasteiger partial charge in [0.25, 0.3) is 0 Å². The molecule has 1 heterocycles. The van der Waals surface area contributed by atoms with Gasteiger partial charge in [-0.3, -0.25) is 19.2 Å². The number of rotatable bonds is 11. The lowest BCUT2D eigenvalue weighted by Crippen LogP contribution is -2.57. The Morgan fingerprint density at radius 3 is 2.33 bits per heavy atom. The van der Waals surface area contributed by atoms with Crippen molar-refractivity contribution < 1.29 is 34.2 Å². The van der Waals surface area contributed by atoms with Gasteiger partial charge in [-0.05, 0) is 18.8 Å². The van der Waals surface area contributed by atoms with Crippen LogP contribution in [-0.4, -0.2) is 81.2 Å². The number of carbonyl (C=O) groups is 5. The molecule has 1 saturated heterocycles. The van der Waals surface area contributed by atoms with Crippen molar-refractivity contribution in [2.45, 2.75) is 63.7 Å². The lowest BCUT2D eigenvalue weighted by Gasteiger charge is -2.30. The molecule has 6 N–H and O–H groups in total. The summed E-state index contributed by atoms with van der Waals surface area (Å²) in [6.07, 6.45) is 0.630. The van der Waals surface area contributed by atoms with E-state index >= 15 is 0 Å². The molecule has 170 valence electrons. The highest BCUT2D eigenvalue weighted by Crippen LogP contribution is 2.20. The fourth-order valence-corrected chi connectivity index (χ4v) is 3.34. The van der Waals surface area contributed by atoms with E-state index in [0.717, 1.165) is 0 Å². The van der Waals surface area contributed by atoms with E-state index in [0.29, 0.717) is 19.3 Å². The van der Waals surface area contributed by atoms with Crippen molar-refractivity contribution in [1.82, 2.24) is 15.5 Å². The van der Waals surface area contributed by atoms with Gasteiger partial charge in [0.05, 0.1) is 12.5 Å². The summed E-state index contributed by atoms with van der Waals surface area (Å²) in [4.78, 5) is 61.5. The number of thiol groups is 1. The van der Waals surface area contributed by atoms with Gasteiger partial charge < -0.3 is 31.5 Å². The molecule has 0 aromatic rings. The first-order valence-corrected chi connectivity index (χ1v) is 10.4. The van der Waals surface area contributed by atoms with Gasteiger partial charge in [-0.25, -0.2) is 4.79 Å². The van der Waals surface area contributed by atoms with E-state index in [4.69, 9.17) is 10.8 Å². The highest BCUT2D eigenvalue weighted by atomic mass is 32.1. The third-order valence-corrected chi connectivity index (χ3v) is 5.54. The maximum Gasteiger partial charge on any atom is 0.326 e. The van der Waals surface area contributed by atoms with Crippen LogP contribution in [0.15, 0.2) is 0 Å². The highest BCUT2D eigenvalue weighted by Gasteiger charge is 2.40. The molecule has 0 aliphatic carbocycles. The van der Waals surface area contributed by atoms with Crippen LogP contribution in [0.1, 0.15) is 39.5 Å². The Hall–Kier alpha value is -2.34. The van der Waals surface area contributed by atoms with Crippen LogP contribution < -0.4 is 16.4 Å². The van der Waals surface area contributed by atoms with Gasteiger partial charge >= 0.3 is 11.9 Å². The van der Waals surface area contributed by atoms with Gasteiger partial charge in [-0.1, -0.05) is 20.3 Å². The largest absolute Gasteiger partial charge is 0.481 e. The molecule has 0 aromatic carbocycles. The number of carbonyl (C=O) groups excluding carboxylic acids is 3. The van der Waals surface area contributed by atoms with Crippen LogP contribution in [0, 0.1) is 5.92 Å². The number of aliphatic carboxylic acids is 2. The lowest BCUT2D eigenvalue weighted by atomic mass is 9.98. The topological polar surface area (TPSA) is 179 Å². The first-order valence-electron chi connectivity index (χ1n) is 9.75. The minimum Gasteiger partial charge on any atom is -0.481 e. The van der Waals surface area contributed by atoms with Crippen molar-refractivity contribution in [3.8, 4) is 0 Å². The molecule has 0 spiro atoms. The number of amides is 3. The Morgan fingerprint density at radius 1 is 1.20 bits per heavy atom. The number of hydrogen-bond donors (Lipinski definition) is 6. The number of likely N-dealkylation sites (tertiary alicyclic amines) is 1. The molecule has 1 aliphatic rings. The van der Waals surface area contributed by atoms with Crippen LogP contribution in [-0.2, 0) is 24.0 Å². The van der Waals surface area contributed by atoms with E-state index in [2.05, 4.69) is 23.3 Å². The summed E-state index contributed by atoms with van der Waals surface area (Å²) in [5.74, 6) is -4.89. The molecule has 5 atom stereocenters. The molecule has 1 rings (SSSR count). The monoisotopic (exact) mass is 446 g/mol. The van der Waals surface area contributed by atoms with Crippen LogP contribution >= 0.6 is 12.6 Å². The van der Waals surface area contributed by atoms with Crippen molar-refractivity contribution in [2.24, 2.45) is 11.7 Å². The fourth-order valence-electron chi connectivity index (χ4n) is 3.17. The highest BCUT2D eigenvalue weighted by molar-refractivity contribution is 7.80. The summed E-state index contributed by atoms with van der Waals surface area (Å²) < 4.78 is 0. The molecule has 0 saturated carbocycles. The van der Waals surface area contributed by atoms with Crippen molar-refractivity contribution in [3.05, 3.63) is 0 Å². The normalized spacial score (nSPS) is 20.0. The second kappa shape index (κ2) is 11.7. The predicted octanol–water partition coefficient (Wildman–Crippen LogP) is -1.19. The summed E-state index contributed by atoms with van der Waals surface area (Å²) in [6.45, 7) is 3.68. The molecule has 0 bridgehead atoms. The van der Waals surface area contributed by atoms with Crippen LogP contribution in [0.3, 0.4) is 0 Å². The first-order chi connectivity index (χ1) is 14.0. The van der Waals surface area contributed by atoms with Crippen LogP contribution in [0.4, 0.5) is 0 Å². The second-order valence-corrected chi connectivity index (χ2v) is 7.71. The summed E-state index contributed by atoms with van der Waals surface area (Å²) in [6, 6.07) is -4.49. The Balaban J connectivity index is 2.98. The van der Waals surface area contributed by atoms with E-state index in [-0.39, 0.29) is 18.2 Å². The summed E-state index contributed by atoms with van der Waals surface area (Å²) in [5.41, 5.74) is 5.57. The third kappa shape index (κ3) is 6.87. The minimum absolute atomic E-state index is 0.000744. The Labute approximate surface area is 180 Å². The van der Waals surface area contributed by atoms with Gasteiger partial charge in [0, 0.05) is 12.3 Å². The van der Waals surface area contributed by atoms with Gasteiger partial charge in [0.15, 0.2) is 0 Å². The molecule has 3 amide bonds. The minimum atomic E-state index is -1.40. The van der Waals surface area contributed by atoms with E-state index in [1.807, 2.05) is 0 Å². The zero-order chi connectivity index (χ0) is 23.0. The van der Waals surface area contributed by atoms with Gasteiger partial charge in [-0.15, -0.1) is 0 Å². The molecule has 30 heavy (non-hydrogen) atoms. The second-order valence-electron chi connectivity index (χ2n) is 7.35. The molecule has 0 radical (unpaired) electrons. The van der Waals surface area contributed by atoms with E-state index in [1.54, 1.807) is 13.8 Å². The number of carboxylic acids is 2. The Morgan fingerprint density at radius 2 is 1.83 bits per heavy atom. The Bertz CT molecular complexity index is 675. The predicted molar refractivity (Wildman–Crippen MR) is 110 cm³/mol. The zero-order valence-corrected chi connectivity index (χ0v) is 17.9. The third-order valence-electron chi connectivity index (χ3n) is 5.14. The van der Waals surface area contributed by atoms with Crippen molar-refractivity contribution >= 4 is 42.3 Å². The summed E-state index contributed by atoms with van der Waals surface area (Å²) in [5, 5.41) is 23.3. The summed E-state index contributed by atoms with van der Waals surface area (Å²) >= 11 is 3.90. The van der Waals surface area contributed by atoms with Crippen LogP contribution in [0.5, 0.6) is 0 Å². The maximum atomic E-state index is 12.9. The molecule has 11 nitrogen and oxygen atoms in total. The van der Waals surface area contributed by atoms with Gasteiger partial charge in [0.2, 0.25) is 17.7 Å². The molecule has 1 aliphatic heterocycles. The van der Waals surface area contributed by atoms with Gasteiger partial charge in [0.1, 0.15) is 18.1 Å². The number of carboxylic acid groups (broad SMARTS) is 2. The first kappa shape index (κ1) is 25.7. The molecule has 12 heteroatoms. The maximum absolute atomic E-state index is 12.9. The number of nitrogens with two attached hydrogens (primary N) is 1. The van der Waals surface area contributed by atoms with E-state index in [1.165, 1.54) is 4.90 Å². The van der Waals surface area contributed by atoms with Gasteiger partial charge in [-0.2, -0.15) is 12.6 Å². The zero-order valence-electron chi connectivity index (χ0n) is 17.0. The smallest absolute Gasteiger partial charge is 0.326 e. The van der Waals surface area contributed by atoms with Crippen molar-refractivity contribution in [1.29, 1.82) is 0 Å². The fraction of sp³-hybridized carbons (Fsp3) is 0.722. The molecule has 0 aromatic heterocycles. The average molecular weight is 447 g/mol.